The molecule has 1 atom stereocenters. The molecule has 2 aromatic heterocycles. The van der Waals surface area contributed by atoms with E-state index < -0.39 is 6.10 Å². The van der Waals surface area contributed by atoms with Gasteiger partial charge >= 0.3 is 0 Å². The number of hydrogen-bond acceptors (Lipinski definition) is 4. The van der Waals surface area contributed by atoms with Crippen molar-refractivity contribution in [1.29, 1.82) is 0 Å². The van der Waals surface area contributed by atoms with Crippen molar-refractivity contribution in [3.8, 4) is 5.75 Å². The molecule has 3 rings (SSSR count). The summed E-state index contributed by atoms with van der Waals surface area (Å²) in [5.41, 5.74) is 0.759. The molecule has 0 radical (unpaired) electrons. The van der Waals surface area contributed by atoms with Crippen LogP contribution in [0.25, 0.3) is 10.1 Å². The van der Waals surface area contributed by atoms with Gasteiger partial charge in [0, 0.05) is 21.3 Å². The minimum absolute atomic E-state index is 0.657. The Morgan fingerprint density at radius 1 is 1.24 bits per heavy atom. The number of aliphatic hydroxyl groups is 1. The fourth-order valence-corrected chi connectivity index (χ4v) is 3.26. The predicted molar refractivity (Wildman–Crippen MR) is 85.9 cm³/mol. The smallest absolute Gasteiger partial charge is 0.137 e. The second-order valence-corrected chi connectivity index (χ2v) is 6.01. The fraction of sp³-hybridized carbons (Fsp3) is 0.235. The number of hydrogen-bond donors (Lipinski definition) is 1. The van der Waals surface area contributed by atoms with Gasteiger partial charge in [0.15, 0.2) is 0 Å². The third-order valence-corrected chi connectivity index (χ3v) is 4.41. The van der Waals surface area contributed by atoms with Gasteiger partial charge in [0.05, 0.1) is 12.8 Å². The minimum atomic E-state index is -0.667. The quantitative estimate of drug-likeness (QED) is 0.769. The summed E-state index contributed by atoms with van der Waals surface area (Å²) in [5, 5.41) is 11.7. The van der Waals surface area contributed by atoms with Gasteiger partial charge in [0.1, 0.15) is 11.9 Å². The number of benzene rings is 1. The van der Waals surface area contributed by atoms with Gasteiger partial charge in [-0.3, -0.25) is 4.98 Å². The lowest BCUT2D eigenvalue weighted by atomic mass is 10.1. The van der Waals surface area contributed by atoms with Crippen molar-refractivity contribution < 1.29 is 9.84 Å². The number of aliphatic hydroxyl groups excluding tert-OH is 1. The average molecular weight is 299 g/mol. The molecule has 1 aromatic carbocycles. The van der Waals surface area contributed by atoms with Crippen LogP contribution in [0, 0.1) is 0 Å². The summed E-state index contributed by atoms with van der Waals surface area (Å²) in [6.45, 7) is 2.72. The van der Waals surface area contributed by atoms with E-state index in [9.17, 15) is 5.11 Å². The summed E-state index contributed by atoms with van der Waals surface area (Å²) in [5.74, 6) is 0.703. The largest absolute Gasteiger partial charge is 0.492 e. The van der Waals surface area contributed by atoms with Gasteiger partial charge in [-0.15, -0.1) is 11.3 Å². The highest BCUT2D eigenvalue weighted by Gasteiger charge is 2.14. The van der Waals surface area contributed by atoms with Gasteiger partial charge in [0.2, 0.25) is 0 Å². The molecule has 0 aliphatic carbocycles. The van der Waals surface area contributed by atoms with E-state index in [1.54, 1.807) is 23.7 Å². The highest BCUT2D eigenvalue weighted by atomic mass is 32.1. The van der Waals surface area contributed by atoms with Crippen molar-refractivity contribution in [2.75, 3.05) is 6.61 Å². The van der Waals surface area contributed by atoms with Crippen LogP contribution < -0.4 is 4.74 Å². The second-order valence-electron chi connectivity index (χ2n) is 4.89. The Morgan fingerprint density at radius 2 is 2.10 bits per heavy atom. The lowest BCUT2D eigenvalue weighted by molar-refractivity contribution is 0.222. The molecule has 3 aromatic rings. The van der Waals surface area contributed by atoms with Crippen LogP contribution in [0.3, 0.4) is 0 Å². The Kier molecular flexibility index (Phi) is 4.18. The zero-order valence-electron chi connectivity index (χ0n) is 11.8. The van der Waals surface area contributed by atoms with Crippen LogP contribution in [0.5, 0.6) is 5.75 Å². The fourth-order valence-electron chi connectivity index (χ4n) is 2.19. The number of pyridine rings is 1. The lowest BCUT2D eigenvalue weighted by Crippen LogP contribution is -2.00. The molecule has 21 heavy (non-hydrogen) atoms. The molecule has 2 heterocycles. The highest BCUT2D eigenvalue weighted by Crippen LogP contribution is 2.33. The Balaban J connectivity index is 1.88. The molecule has 0 aliphatic heterocycles. The molecule has 0 bridgehead atoms. The number of ether oxygens (including phenoxy) is 1. The predicted octanol–water partition coefficient (Wildman–Crippen LogP) is 4.17. The van der Waals surface area contributed by atoms with Crippen LogP contribution >= 0.6 is 11.3 Å². The number of fused-ring (bicyclic) bond motifs is 1. The van der Waals surface area contributed by atoms with Crippen LogP contribution in [-0.4, -0.2) is 16.7 Å². The van der Waals surface area contributed by atoms with Gasteiger partial charge in [-0.05, 0) is 30.0 Å². The molecule has 0 aliphatic rings. The van der Waals surface area contributed by atoms with Crippen LogP contribution in [0.2, 0.25) is 0 Å². The topological polar surface area (TPSA) is 42.4 Å². The summed E-state index contributed by atoms with van der Waals surface area (Å²) in [6.07, 6.45) is 3.65. The van der Waals surface area contributed by atoms with E-state index in [0.29, 0.717) is 12.4 Å². The van der Waals surface area contributed by atoms with Gasteiger partial charge in [-0.2, -0.15) is 0 Å². The van der Waals surface area contributed by atoms with Crippen molar-refractivity contribution in [3.63, 3.8) is 0 Å². The molecule has 0 saturated heterocycles. The Morgan fingerprint density at radius 3 is 2.90 bits per heavy atom. The molecule has 0 fully saturated rings. The second kappa shape index (κ2) is 6.24. The maximum Gasteiger partial charge on any atom is 0.137 e. The Hall–Kier alpha value is -1.91. The molecule has 1 N–H and O–H groups in total. The molecule has 4 heteroatoms. The van der Waals surface area contributed by atoms with Crippen LogP contribution in [0.4, 0.5) is 0 Å². The number of rotatable bonds is 5. The van der Waals surface area contributed by atoms with E-state index in [4.69, 9.17) is 4.74 Å². The molecule has 1 unspecified atom stereocenters. The van der Waals surface area contributed by atoms with Gasteiger partial charge < -0.3 is 9.84 Å². The van der Waals surface area contributed by atoms with E-state index in [1.807, 2.05) is 24.3 Å². The van der Waals surface area contributed by atoms with Gasteiger partial charge in [0.25, 0.3) is 0 Å². The monoisotopic (exact) mass is 299 g/mol. The first-order valence-corrected chi connectivity index (χ1v) is 7.84. The third-order valence-electron chi connectivity index (χ3n) is 3.24. The van der Waals surface area contributed by atoms with E-state index in [1.165, 1.54) is 4.70 Å². The van der Waals surface area contributed by atoms with Crippen LogP contribution in [-0.2, 0) is 0 Å². The van der Waals surface area contributed by atoms with Crippen molar-refractivity contribution in [2.45, 2.75) is 19.4 Å². The summed E-state index contributed by atoms with van der Waals surface area (Å²) in [7, 11) is 0. The van der Waals surface area contributed by atoms with Gasteiger partial charge in [-0.1, -0.05) is 25.1 Å². The summed E-state index contributed by atoms with van der Waals surface area (Å²) in [6, 6.07) is 12.0. The summed E-state index contributed by atoms with van der Waals surface area (Å²) < 4.78 is 6.75. The molecular formula is C17H17NO2S. The minimum Gasteiger partial charge on any atom is -0.492 e. The molecular weight excluding hydrogens is 282 g/mol. The normalized spacial score (nSPS) is 12.5. The Bertz CT molecular complexity index is 705. The van der Waals surface area contributed by atoms with E-state index in [0.717, 1.165) is 22.2 Å². The van der Waals surface area contributed by atoms with E-state index in [2.05, 4.69) is 24.0 Å². The molecule has 0 amide bonds. The maximum absolute atomic E-state index is 10.6. The van der Waals surface area contributed by atoms with Crippen molar-refractivity contribution in [1.82, 2.24) is 4.98 Å². The summed E-state index contributed by atoms with van der Waals surface area (Å²) in [4.78, 5) is 5.08. The highest BCUT2D eigenvalue weighted by molar-refractivity contribution is 7.19. The zero-order valence-corrected chi connectivity index (χ0v) is 12.6. The van der Waals surface area contributed by atoms with Crippen molar-refractivity contribution >= 4 is 21.4 Å². The molecule has 0 spiro atoms. The summed E-state index contributed by atoms with van der Waals surface area (Å²) >= 11 is 1.61. The number of thiophene rings is 1. The lowest BCUT2D eigenvalue weighted by Gasteiger charge is -2.10. The van der Waals surface area contributed by atoms with Crippen LogP contribution in [0.15, 0.2) is 48.8 Å². The number of nitrogens with zero attached hydrogens (tertiary/aromatic N) is 1. The Labute approximate surface area is 127 Å². The first-order valence-electron chi connectivity index (χ1n) is 7.02. The molecule has 0 saturated carbocycles. The third kappa shape index (κ3) is 3.06. The first-order chi connectivity index (χ1) is 10.3. The van der Waals surface area contributed by atoms with E-state index >= 15 is 0 Å². The average Bonchev–Trinajstić information content (AvgIpc) is 2.96. The number of aromatic nitrogens is 1. The molecule has 108 valence electrons. The van der Waals surface area contributed by atoms with Crippen LogP contribution in [0.1, 0.15) is 29.9 Å². The molecule has 3 nitrogen and oxygen atoms in total. The van der Waals surface area contributed by atoms with Crippen molar-refractivity contribution in [2.24, 2.45) is 0 Å². The first kappa shape index (κ1) is 14.0. The van der Waals surface area contributed by atoms with E-state index in [-0.39, 0.29) is 0 Å². The standard InChI is InChI=1S/C17H17NO2S/c1-2-7-20-14-8-13(10-18-11-14)17(19)16-9-12-5-3-4-6-15(12)21-16/h3-6,8-11,17,19H,2,7H2,1H3. The maximum atomic E-state index is 10.6. The zero-order chi connectivity index (χ0) is 14.7. The van der Waals surface area contributed by atoms with Gasteiger partial charge in [-0.25, -0.2) is 0 Å². The van der Waals surface area contributed by atoms with Crippen molar-refractivity contribution in [3.05, 3.63) is 59.2 Å². The SMILES string of the molecule is CCCOc1cncc(C(O)c2cc3ccccc3s2)c1.